The van der Waals surface area contributed by atoms with Crippen molar-refractivity contribution < 1.29 is 8.42 Å². The Morgan fingerprint density at radius 1 is 1.21 bits per heavy atom. The summed E-state index contributed by atoms with van der Waals surface area (Å²) in [7, 11) is -1.30. The summed E-state index contributed by atoms with van der Waals surface area (Å²) in [5.74, 6) is 0.183. The second-order valence-corrected chi connectivity index (χ2v) is 6.48. The number of nitrogens with one attached hydrogen (secondary N) is 1. The van der Waals surface area contributed by atoms with E-state index < -0.39 is 9.84 Å². The highest BCUT2D eigenvalue weighted by atomic mass is 32.2. The van der Waals surface area contributed by atoms with Gasteiger partial charge in [0, 0.05) is 18.9 Å². The predicted molar refractivity (Wildman–Crippen MR) is 75.3 cm³/mol. The fraction of sp³-hybridized carbons (Fsp3) is 0.308. The zero-order valence-electron chi connectivity index (χ0n) is 11.0. The summed E-state index contributed by atoms with van der Waals surface area (Å²) in [4.78, 5) is 0.367. The Bertz CT molecular complexity index is 645. The molecule has 1 aromatic carbocycles. The van der Waals surface area contributed by atoms with Gasteiger partial charge in [-0.1, -0.05) is 6.92 Å². The van der Waals surface area contributed by atoms with Gasteiger partial charge in [0.1, 0.15) is 0 Å². The van der Waals surface area contributed by atoms with Crippen molar-refractivity contribution in [3.63, 3.8) is 0 Å². The molecule has 1 N–H and O–H groups in total. The van der Waals surface area contributed by atoms with Crippen LogP contribution in [-0.2, 0) is 16.9 Å². The summed E-state index contributed by atoms with van der Waals surface area (Å²) >= 11 is 0. The first-order chi connectivity index (χ1) is 9.01. The number of hydrogen-bond donors (Lipinski definition) is 1. The third kappa shape index (κ3) is 3.35. The van der Waals surface area contributed by atoms with Crippen LogP contribution in [0.15, 0.2) is 41.6 Å². The van der Waals surface area contributed by atoms with Crippen LogP contribution in [0.1, 0.15) is 13.3 Å². The first-order valence-electron chi connectivity index (χ1n) is 6.10. The highest BCUT2D eigenvalue weighted by molar-refractivity contribution is 7.91. The van der Waals surface area contributed by atoms with Crippen LogP contribution in [0.2, 0.25) is 0 Å². The minimum absolute atomic E-state index is 0.183. The summed E-state index contributed by atoms with van der Waals surface area (Å²) in [6.45, 7) is 1.86. The molecule has 0 atom stereocenters. The van der Waals surface area contributed by atoms with Gasteiger partial charge < -0.3 is 5.32 Å². The zero-order valence-corrected chi connectivity index (χ0v) is 11.8. The van der Waals surface area contributed by atoms with Crippen molar-refractivity contribution in [1.82, 2.24) is 9.78 Å². The Morgan fingerprint density at radius 2 is 1.89 bits per heavy atom. The van der Waals surface area contributed by atoms with Gasteiger partial charge in [0.25, 0.3) is 0 Å². The van der Waals surface area contributed by atoms with Crippen molar-refractivity contribution in [3.8, 4) is 0 Å². The summed E-state index contributed by atoms with van der Waals surface area (Å²) in [6, 6.07) is 6.78. The Labute approximate surface area is 113 Å². The lowest BCUT2D eigenvalue weighted by molar-refractivity contribution is 0.595. The third-order valence-corrected chi connectivity index (χ3v) is 4.62. The molecular weight excluding hydrogens is 262 g/mol. The molecule has 0 amide bonds. The Balaban J connectivity index is 2.15. The van der Waals surface area contributed by atoms with E-state index in [-0.39, 0.29) is 5.75 Å². The molecule has 1 aromatic heterocycles. The molecule has 2 rings (SSSR count). The molecule has 5 nitrogen and oxygen atoms in total. The van der Waals surface area contributed by atoms with E-state index in [1.165, 1.54) is 0 Å². The quantitative estimate of drug-likeness (QED) is 0.912. The molecule has 0 aliphatic carbocycles. The van der Waals surface area contributed by atoms with Crippen molar-refractivity contribution in [2.45, 2.75) is 18.2 Å². The fourth-order valence-electron chi connectivity index (χ4n) is 1.78. The number of rotatable bonds is 5. The molecule has 19 heavy (non-hydrogen) atoms. The maximum absolute atomic E-state index is 11.9. The summed E-state index contributed by atoms with van der Waals surface area (Å²) in [5, 5.41) is 7.21. The molecule has 0 radical (unpaired) electrons. The van der Waals surface area contributed by atoms with Gasteiger partial charge in [-0.2, -0.15) is 5.10 Å². The molecule has 0 saturated carbocycles. The zero-order chi connectivity index (χ0) is 13.9. The van der Waals surface area contributed by atoms with Gasteiger partial charge in [0.2, 0.25) is 0 Å². The molecule has 2 aromatic rings. The summed E-state index contributed by atoms with van der Waals surface area (Å²) in [5.41, 5.74) is 1.70. The minimum atomic E-state index is -3.14. The average molecular weight is 279 g/mol. The van der Waals surface area contributed by atoms with Gasteiger partial charge in [-0.25, -0.2) is 8.42 Å². The molecule has 0 spiro atoms. The van der Waals surface area contributed by atoms with Crippen LogP contribution in [0.25, 0.3) is 0 Å². The van der Waals surface area contributed by atoms with E-state index >= 15 is 0 Å². The van der Waals surface area contributed by atoms with E-state index in [9.17, 15) is 8.42 Å². The highest BCUT2D eigenvalue weighted by Crippen LogP contribution is 2.19. The summed E-state index contributed by atoms with van der Waals surface area (Å²) in [6.07, 6.45) is 4.18. The van der Waals surface area contributed by atoms with E-state index in [0.717, 1.165) is 11.4 Å². The van der Waals surface area contributed by atoms with Crippen molar-refractivity contribution in [1.29, 1.82) is 0 Å². The van der Waals surface area contributed by atoms with Crippen LogP contribution in [-0.4, -0.2) is 24.0 Å². The van der Waals surface area contributed by atoms with E-state index in [2.05, 4.69) is 10.4 Å². The molecule has 0 unspecified atom stereocenters. The van der Waals surface area contributed by atoms with Crippen molar-refractivity contribution in [2.24, 2.45) is 7.05 Å². The number of sulfone groups is 1. The summed E-state index contributed by atoms with van der Waals surface area (Å²) < 4.78 is 25.4. The Hall–Kier alpha value is -1.82. The molecule has 102 valence electrons. The molecule has 0 fully saturated rings. The number of benzene rings is 1. The average Bonchev–Trinajstić information content (AvgIpc) is 2.75. The Morgan fingerprint density at radius 3 is 2.42 bits per heavy atom. The van der Waals surface area contributed by atoms with Crippen LogP contribution in [0.3, 0.4) is 0 Å². The van der Waals surface area contributed by atoms with E-state index in [1.54, 1.807) is 35.1 Å². The number of nitrogens with zero attached hydrogens (tertiary/aromatic N) is 2. The number of aryl methyl sites for hydroxylation is 1. The second-order valence-electron chi connectivity index (χ2n) is 4.37. The Kier molecular flexibility index (Phi) is 3.90. The lowest BCUT2D eigenvalue weighted by Crippen LogP contribution is -2.05. The van der Waals surface area contributed by atoms with Crippen LogP contribution < -0.4 is 5.32 Å². The molecule has 0 bridgehead atoms. The van der Waals surface area contributed by atoms with Gasteiger partial charge >= 0.3 is 0 Å². The molecule has 0 aliphatic heterocycles. The van der Waals surface area contributed by atoms with Gasteiger partial charge in [-0.3, -0.25) is 4.68 Å². The SMILES string of the molecule is CCCS(=O)(=O)c1ccc(Nc2cnn(C)c2)cc1. The second kappa shape index (κ2) is 5.44. The first-order valence-corrected chi connectivity index (χ1v) is 7.75. The van der Waals surface area contributed by atoms with Crippen LogP contribution in [0.4, 0.5) is 11.4 Å². The van der Waals surface area contributed by atoms with Crippen LogP contribution >= 0.6 is 0 Å². The molecule has 0 saturated heterocycles. The lowest BCUT2D eigenvalue weighted by Gasteiger charge is -2.06. The van der Waals surface area contributed by atoms with E-state index in [4.69, 9.17) is 0 Å². The number of aromatic nitrogens is 2. The fourth-order valence-corrected chi connectivity index (χ4v) is 3.11. The normalized spacial score (nSPS) is 11.5. The van der Waals surface area contributed by atoms with Gasteiger partial charge in [-0.05, 0) is 30.7 Å². The van der Waals surface area contributed by atoms with Crippen molar-refractivity contribution in [3.05, 3.63) is 36.7 Å². The van der Waals surface area contributed by atoms with Crippen molar-refractivity contribution >= 4 is 21.2 Å². The van der Waals surface area contributed by atoms with Crippen molar-refractivity contribution in [2.75, 3.05) is 11.1 Å². The first kappa shape index (κ1) is 13.6. The van der Waals surface area contributed by atoms with E-state index in [1.807, 2.05) is 20.2 Å². The third-order valence-electron chi connectivity index (χ3n) is 2.68. The lowest BCUT2D eigenvalue weighted by atomic mass is 10.3. The largest absolute Gasteiger partial charge is 0.353 e. The number of anilines is 2. The molecule has 1 heterocycles. The molecular formula is C13H17N3O2S. The molecule has 0 aliphatic rings. The predicted octanol–water partition coefficient (Wildman–Crippen LogP) is 2.35. The maximum atomic E-state index is 11.9. The van der Waals surface area contributed by atoms with E-state index in [0.29, 0.717) is 11.3 Å². The van der Waals surface area contributed by atoms with Gasteiger partial charge in [0.05, 0.1) is 22.5 Å². The topological polar surface area (TPSA) is 64.0 Å². The number of hydrogen-bond acceptors (Lipinski definition) is 4. The van der Waals surface area contributed by atoms with Gasteiger partial charge in [-0.15, -0.1) is 0 Å². The molecule has 6 heteroatoms. The standard InChI is InChI=1S/C13H17N3O2S/c1-3-8-19(17,18)13-6-4-11(5-7-13)15-12-9-14-16(2)10-12/h4-7,9-10,15H,3,8H2,1-2H3. The van der Waals surface area contributed by atoms with Gasteiger partial charge in [0.15, 0.2) is 9.84 Å². The maximum Gasteiger partial charge on any atom is 0.178 e. The highest BCUT2D eigenvalue weighted by Gasteiger charge is 2.12. The van der Waals surface area contributed by atoms with Crippen LogP contribution in [0, 0.1) is 0 Å². The van der Waals surface area contributed by atoms with Crippen LogP contribution in [0.5, 0.6) is 0 Å². The smallest absolute Gasteiger partial charge is 0.178 e. The minimum Gasteiger partial charge on any atom is -0.353 e. The monoisotopic (exact) mass is 279 g/mol.